The summed E-state index contributed by atoms with van der Waals surface area (Å²) < 4.78 is 20.3. The van der Waals surface area contributed by atoms with Crippen molar-refractivity contribution in [3.8, 4) is 5.75 Å². The molecule has 3 saturated carbocycles. The van der Waals surface area contributed by atoms with Crippen molar-refractivity contribution < 1.29 is 38.3 Å². The Kier molecular flexibility index (Phi) is 11.5. The number of hydrogen-bond acceptors (Lipinski definition) is 9. The fourth-order valence-electron chi connectivity index (χ4n) is 9.68. The molecule has 0 aliphatic heterocycles. The highest BCUT2D eigenvalue weighted by molar-refractivity contribution is 5.77. The van der Waals surface area contributed by atoms with E-state index < -0.39 is 29.8 Å². The number of unbranched alkanes of at least 4 members (excludes halogenated alkanes) is 1. The van der Waals surface area contributed by atoms with Crippen LogP contribution in [0.3, 0.4) is 0 Å². The highest BCUT2D eigenvalue weighted by Crippen LogP contribution is 2.66. The number of ether oxygens (including phenoxy) is 4. The number of fused-ring (bicyclic) bond motifs is 5. The summed E-state index contributed by atoms with van der Waals surface area (Å²) in [5, 5.41) is 10.7. The van der Waals surface area contributed by atoms with Gasteiger partial charge in [-0.2, -0.15) is 0 Å². The standard InChI is InChI=1S/C38H53NO9/c1-25(2)7-5-6-8-26-10-16-32-31-15-9-27-23-30(19-21-38(27,4)33(31)20-22-37(26,32)3)47-35(41)18-17-34(40)45-24-46-36(42)48-29-13-11-28(12-14-29)39(43)44/h9,11-14,25-26,30-33H,5-8,10,15-24H2,1-4H3. The van der Waals surface area contributed by atoms with Gasteiger partial charge in [-0.1, -0.05) is 58.6 Å². The Morgan fingerprint density at radius 2 is 1.69 bits per heavy atom. The second-order valence-corrected chi connectivity index (χ2v) is 15.5. The first kappa shape index (κ1) is 35.9. The Balaban J connectivity index is 1.03. The molecule has 0 amide bonds. The smallest absolute Gasteiger partial charge is 0.462 e. The molecule has 0 radical (unpaired) electrons. The van der Waals surface area contributed by atoms with Crippen LogP contribution < -0.4 is 4.74 Å². The minimum absolute atomic E-state index is 0.0402. The number of nitro groups is 1. The lowest BCUT2D eigenvalue weighted by atomic mass is 9.47. The van der Waals surface area contributed by atoms with Gasteiger partial charge in [0.25, 0.3) is 5.69 Å². The quantitative estimate of drug-likeness (QED) is 0.0384. The molecule has 264 valence electrons. The molecule has 10 heteroatoms. The maximum Gasteiger partial charge on any atom is 0.516 e. The van der Waals surface area contributed by atoms with Crippen LogP contribution in [0.2, 0.25) is 0 Å². The van der Waals surface area contributed by atoms with E-state index in [1.165, 1.54) is 81.2 Å². The number of allylic oxidation sites excluding steroid dienone is 1. The molecule has 10 nitrogen and oxygen atoms in total. The summed E-state index contributed by atoms with van der Waals surface area (Å²) in [4.78, 5) is 46.7. The number of non-ortho nitro benzene ring substituents is 1. The van der Waals surface area contributed by atoms with E-state index in [2.05, 4.69) is 33.8 Å². The zero-order valence-corrected chi connectivity index (χ0v) is 29.1. The lowest BCUT2D eigenvalue weighted by Gasteiger charge is -2.58. The van der Waals surface area contributed by atoms with E-state index in [-0.39, 0.29) is 35.8 Å². The van der Waals surface area contributed by atoms with Crippen LogP contribution in [0.15, 0.2) is 35.9 Å². The van der Waals surface area contributed by atoms with E-state index >= 15 is 0 Å². The van der Waals surface area contributed by atoms with Crippen LogP contribution in [-0.4, -0.2) is 35.9 Å². The number of nitrogens with zero attached hydrogens (tertiary/aromatic N) is 1. The maximum atomic E-state index is 12.7. The van der Waals surface area contributed by atoms with Crippen molar-refractivity contribution in [1.82, 2.24) is 0 Å². The lowest BCUT2D eigenvalue weighted by Crippen LogP contribution is -2.50. The molecule has 7 atom stereocenters. The van der Waals surface area contributed by atoms with Crippen molar-refractivity contribution in [2.24, 2.45) is 40.4 Å². The summed E-state index contributed by atoms with van der Waals surface area (Å²) in [6, 6.07) is 4.86. The molecule has 4 aliphatic rings. The van der Waals surface area contributed by atoms with Crippen molar-refractivity contribution in [3.63, 3.8) is 0 Å². The Morgan fingerprint density at radius 1 is 0.938 bits per heavy atom. The first-order chi connectivity index (χ1) is 22.9. The van der Waals surface area contributed by atoms with Crippen LogP contribution >= 0.6 is 0 Å². The van der Waals surface area contributed by atoms with Gasteiger partial charge in [-0.25, -0.2) is 4.79 Å². The van der Waals surface area contributed by atoms with E-state index in [9.17, 15) is 24.5 Å². The largest absolute Gasteiger partial charge is 0.516 e. The summed E-state index contributed by atoms with van der Waals surface area (Å²) in [6.45, 7) is 9.06. The fraction of sp³-hybridized carbons (Fsp3) is 0.711. The Hall–Kier alpha value is -3.43. The molecule has 0 spiro atoms. The zero-order valence-electron chi connectivity index (χ0n) is 29.1. The molecule has 48 heavy (non-hydrogen) atoms. The van der Waals surface area contributed by atoms with Gasteiger partial charge < -0.3 is 18.9 Å². The molecule has 0 aromatic heterocycles. The van der Waals surface area contributed by atoms with Gasteiger partial charge in [0.1, 0.15) is 11.9 Å². The zero-order chi connectivity index (χ0) is 34.5. The molecule has 7 unspecified atom stereocenters. The number of esters is 2. The second-order valence-electron chi connectivity index (χ2n) is 15.5. The topological polar surface area (TPSA) is 131 Å². The third-order valence-corrected chi connectivity index (χ3v) is 12.3. The number of rotatable bonds is 13. The van der Waals surface area contributed by atoms with Crippen LogP contribution in [0.25, 0.3) is 0 Å². The molecular weight excluding hydrogens is 614 g/mol. The Labute approximate surface area is 284 Å². The molecule has 3 fully saturated rings. The molecule has 4 aliphatic carbocycles. The van der Waals surface area contributed by atoms with E-state index in [0.717, 1.165) is 49.4 Å². The van der Waals surface area contributed by atoms with E-state index in [4.69, 9.17) is 18.9 Å². The number of nitro benzene ring substituents is 1. The average molecular weight is 668 g/mol. The molecule has 0 heterocycles. The average Bonchev–Trinajstić information content (AvgIpc) is 3.38. The molecule has 1 aromatic rings. The van der Waals surface area contributed by atoms with Crippen LogP contribution in [-0.2, 0) is 23.8 Å². The normalized spacial score (nSPS) is 30.7. The number of benzene rings is 1. The molecule has 0 N–H and O–H groups in total. The third-order valence-electron chi connectivity index (χ3n) is 12.3. The maximum absolute atomic E-state index is 12.7. The van der Waals surface area contributed by atoms with E-state index in [1.54, 1.807) is 0 Å². The summed E-state index contributed by atoms with van der Waals surface area (Å²) in [7, 11) is 0. The summed E-state index contributed by atoms with van der Waals surface area (Å²) in [5.41, 5.74) is 1.96. The number of carbonyl (C=O) groups excluding carboxylic acids is 3. The van der Waals surface area contributed by atoms with Crippen molar-refractivity contribution in [2.75, 3.05) is 6.79 Å². The second kappa shape index (κ2) is 15.4. The monoisotopic (exact) mass is 667 g/mol. The van der Waals surface area contributed by atoms with Crippen molar-refractivity contribution in [1.29, 1.82) is 0 Å². The van der Waals surface area contributed by atoms with Crippen molar-refractivity contribution in [3.05, 3.63) is 46.0 Å². The number of hydrogen-bond donors (Lipinski definition) is 0. The van der Waals surface area contributed by atoms with Crippen molar-refractivity contribution in [2.45, 2.75) is 124 Å². The predicted octanol–water partition coefficient (Wildman–Crippen LogP) is 9.10. The Morgan fingerprint density at radius 3 is 2.42 bits per heavy atom. The number of carbonyl (C=O) groups is 3. The van der Waals surface area contributed by atoms with Gasteiger partial charge in [0.15, 0.2) is 0 Å². The molecule has 0 saturated heterocycles. The highest BCUT2D eigenvalue weighted by Gasteiger charge is 2.58. The molecule has 1 aromatic carbocycles. The van der Waals surface area contributed by atoms with Gasteiger partial charge in [-0.3, -0.25) is 19.7 Å². The Bertz CT molecular complexity index is 1360. The summed E-state index contributed by atoms with van der Waals surface area (Å²) in [6.07, 6.45) is 15.5. The van der Waals surface area contributed by atoms with Gasteiger partial charge in [0, 0.05) is 18.6 Å². The van der Waals surface area contributed by atoms with Crippen LogP contribution in [0.5, 0.6) is 5.75 Å². The van der Waals surface area contributed by atoms with Gasteiger partial charge in [0.2, 0.25) is 6.79 Å². The minimum Gasteiger partial charge on any atom is -0.462 e. The first-order valence-electron chi connectivity index (χ1n) is 18.0. The molecule has 5 rings (SSSR count). The third kappa shape index (κ3) is 8.23. The summed E-state index contributed by atoms with van der Waals surface area (Å²) in [5.74, 6) is 2.85. The van der Waals surface area contributed by atoms with Crippen LogP contribution in [0, 0.1) is 50.5 Å². The van der Waals surface area contributed by atoms with Crippen LogP contribution in [0.4, 0.5) is 10.5 Å². The van der Waals surface area contributed by atoms with E-state index in [0.29, 0.717) is 11.3 Å². The highest BCUT2D eigenvalue weighted by atomic mass is 16.8. The summed E-state index contributed by atoms with van der Waals surface area (Å²) >= 11 is 0. The van der Waals surface area contributed by atoms with Gasteiger partial charge in [0.05, 0.1) is 17.8 Å². The molecular formula is C38H53NO9. The fourth-order valence-corrected chi connectivity index (χ4v) is 9.68. The van der Waals surface area contributed by atoms with Crippen molar-refractivity contribution >= 4 is 23.8 Å². The minimum atomic E-state index is -1.13. The van der Waals surface area contributed by atoms with Crippen LogP contribution in [0.1, 0.15) is 118 Å². The van der Waals surface area contributed by atoms with Gasteiger partial charge in [-0.15, -0.1) is 0 Å². The predicted molar refractivity (Wildman–Crippen MR) is 179 cm³/mol. The first-order valence-corrected chi connectivity index (χ1v) is 18.0. The van der Waals surface area contributed by atoms with E-state index in [1.807, 2.05) is 0 Å². The lowest BCUT2D eigenvalue weighted by molar-refractivity contribution is -0.384. The molecule has 0 bridgehead atoms. The van der Waals surface area contributed by atoms with Gasteiger partial charge in [-0.05, 0) is 104 Å². The SMILES string of the molecule is CC(C)CCCCC1CCC2C3CC=C4CC(OC(=O)CCC(=O)OCOC(=O)Oc5ccc([N+](=O)[O-])cc5)CCC4(C)C3CCC12C. The van der Waals surface area contributed by atoms with Gasteiger partial charge >= 0.3 is 18.1 Å².